The molecule has 1 atom stereocenters. The van der Waals surface area contributed by atoms with Crippen LogP contribution in [-0.2, 0) is 0 Å². The predicted octanol–water partition coefficient (Wildman–Crippen LogP) is 1.78. The summed E-state index contributed by atoms with van der Waals surface area (Å²) in [5, 5.41) is 2.94. The largest absolute Gasteiger partial charge is 0.305 e. The second kappa shape index (κ2) is 1.94. The molecule has 64 valence electrons. The number of rotatable bonds is 1. The summed E-state index contributed by atoms with van der Waals surface area (Å²) in [4.78, 5) is 0. The molecule has 0 radical (unpaired) electrons. The normalized spacial score (nSPS) is 42.8. The summed E-state index contributed by atoms with van der Waals surface area (Å²) >= 11 is 0. The van der Waals surface area contributed by atoms with Gasteiger partial charge in [0, 0.05) is 12.0 Å². The van der Waals surface area contributed by atoms with Gasteiger partial charge in [0.15, 0.2) is 0 Å². The highest BCUT2D eigenvalue weighted by Gasteiger charge is 2.53. The third kappa shape index (κ3) is 1.26. The Balaban J connectivity index is 2.06. The van der Waals surface area contributed by atoms with Crippen LogP contribution >= 0.6 is 0 Å². The van der Waals surface area contributed by atoms with Crippen LogP contribution in [0, 0.1) is 5.92 Å². The minimum Gasteiger partial charge on any atom is -0.305 e. The highest BCUT2D eigenvalue weighted by atomic mass is 19.3. The lowest BCUT2D eigenvalue weighted by molar-refractivity contribution is 0.0154. The maximum Gasteiger partial charge on any atom is 0.262 e. The minimum atomic E-state index is -2.46. The number of alkyl halides is 2. The zero-order valence-corrected chi connectivity index (χ0v) is 6.66. The molecule has 1 saturated heterocycles. The second-order valence-electron chi connectivity index (χ2n) is 4.08. The lowest BCUT2D eigenvalue weighted by atomic mass is 9.93. The Bertz CT molecular complexity index is 177. The first kappa shape index (κ1) is 7.47. The van der Waals surface area contributed by atoms with Gasteiger partial charge in [0.05, 0.1) is 6.54 Å². The van der Waals surface area contributed by atoms with E-state index in [1.165, 1.54) is 0 Å². The van der Waals surface area contributed by atoms with E-state index in [0.717, 1.165) is 12.8 Å². The summed E-state index contributed by atoms with van der Waals surface area (Å²) in [6.07, 6.45) is 2.28. The molecule has 2 fully saturated rings. The van der Waals surface area contributed by atoms with Crippen LogP contribution in [-0.4, -0.2) is 18.0 Å². The van der Waals surface area contributed by atoms with E-state index in [-0.39, 0.29) is 18.5 Å². The standard InChI is InChI=1S/C8H13F2N/c1-7(6-2-3-6)4-8(9,10)5-11-7/h6,11H,2-5H2,1H3. The van der Waals surface area contributed by atoms with Gasteiger partial charge in [-0.1, -0.05) is 0 Å². The third-order valence-electron chi connectivity index (χ3n) is 2.86. The van der Waals surface area contributed by atoms with E-state index in [1.54, 1.807) is 0 Å². The van der Waals surface area contributed by atoms with Crippen molar-refractivity contribution in [1.82, 2.24) is 5.32 Å². The van der Waals surface area contributed by atoms with E-state index in [1.807, 2.05) is 6.92 Å². The lowest BCUT2D eigenvalue weighted by Gasteiger charge is -2.23. The highest BCUT2D eigenvalue weighted by Crippen LogP contribution is 2.47. The summed E-state index contributed by atoms with van der Waals surface area (Å²) in [6, 6.07) is 0. The summed E-state index contributed by atoms with van der Waals surface area (Å²) in [7, 11) is 0. The molecule has 1 N–H and O–H groups in total. The average Bonchev–Trinajstić information content (AvgIpc) is 2.61. The van der Waals surface area contributed by atoms with Crippen LogP contribution in [0.1, 0.15) is 26.2 Å². The van der Waals surface area contributed by atoms with Crippen LogP contribution in [0.5, 0.6) is 0 Å². The third-order valence-corrected chi connectivity index (χ3v) is 2.86. The summed E-state index contributed by atoms with van der Waals surface area (Å²) in [6.45, 7) is 1.80. The van der Waals surface area contributed by atoms with Crippen LogP contribution in [0.2, 0.25) is 0 Å². The molecule has 1 saturated carbocycles. The minimum absolute atomic E-state index is 0.0324. The van der Waals surface area contributed by atoms with Crippen molar-refractivity contribution >= 4 is 0 Å². The van der Waals surface area contributed by atoms with Gasteiger partial charge in [-0.3, -0.25) is 0 Å². The van der Waals surface area contributed by atoms with Gasteiger partial charge in [-0.15, -0.1) is 0 Å². The Morgan fingerprint density at radius 2 is 2.00 bits per heavy atom. The number of nitrogens with one attached hydrogen (secondary N) is 1. The van der Waals surface area contributed by atoms with Gasteiger partial charge in [-0.2, -0.15) is 0 Å². The van der Waals surface area contributed by atoms with E-state index in [0.29, 0.717) is 5.92 Å². The Hall–Kier alpha value is -0.180. The fraction of sp³-hybridized carbons (Fsp3) is 1.00. The molecule has 2 rings (SSSR count). The predicted molar refractivity (Wildman–Crippen MR) is 38.7 cm³/mol. The lowest BCUT2D eigenvalue weighted by Crippen LogP contribution is -2.38. The smallest absolute Gasteiger partial charge is 0.262 e. The highest BCUT2D eigenvalue weighted by molar-refractivity contribution is 5.05. The van der Waals surface area contributed by atoms with Crippen LogP contribution in [0.25, 0.3) is 0 Å². The summed E-state index contributed by atoms with van der Waals surface area (Å²) < 4.78 is 25.5. The van der Waals surface area contributed by atoms with Crippen LogP contribution in [0.4, 0.5) is 8.78 Å². The number of hydrogen-bond acceptors (Lipinski definition) is 1. The fourth-order valence-electron chi connectivity index (χ4n) is 2.00. The van der Waals surface area contributed by atoms with Gasteiger partial charge >= 0.3 is 0 Å². The first-order valence-corrected chi connectivity index (χ1v) is 4.15. The molecule has 0 aromatic heterocycles. The number of hydrogen-bond donors (Lipinski definition) is 1. The zero-order chi connectivity index (χ0) is 8.11. The van der Waals surface area contributed by atoms with E-state index in [2.05, 4.69) is 5.32 Å². The van der Waals surface area contributed by atoms with Crippen LogP contribution in [0.3, 0.4) is 0 Å². The molecule has 0 aromatic rings. The van der Waals surface area contributed by atoms with Gasteiger partial charge < -0.3 is 5.32 Å². The van der Waals surface area contributed by atoms with Crippen LogP contribution < -0.4 is 5.32 Å². The molecule has 11 heavy (non-hydrogen) atoms. The van der Waals surface area contributed by atoms with Gasteiger partial charge in [-0.25, -0.2) is 8.78 Å². The van der Waals surface area contributed by atoms with Crippen molar-refractivity contribution in [2.45, 2.75) is 37.6 Å². The van der Waals surface area contributed by atoms with E-state index >= 15 is 0 Å². The van der Waals surface area contributed by atoms with E-state index < -0.39 is 5.92 Å². The topological polar surface area (TPSA) is 12.0 Å². The molecule has 3 heteroatoms. The summed E-state index contributed by atoms with van der Waals surface area (Å²) in [5.41, 5.74) is -0.260. The average molecular weight is 161 g/mol. The molecule has 0 aromatic carbocycles. The molecule has 0 bridgehead atoms. The molecule has 2 aliphatic rings. The van der Waals surface area contributed by atoms with Gasteiger partial charge in [-0.05, 0) is 25.7 Å². The fourth-order valence-corrected chi connectivity index (χ4v) is 2.00. The Morgan fingerprint density at radius 1 is 1.36 bits per heavy atom. The quantitative estimate of drug-likeness (QED) is 0.618. The molecule has 1 heterocycles. The van der Waals surface area contributed by atoms with Crippen molar-refractivity contribution in [3.8, 4) is 0 Å². The Kier molecular flexibility index (Phi) is 1.32. The monoisotopic (exact) mass is 161 g/mol. The molecule has 0 spiro atoms. The first-order valence-electron chi connectivity index (χ1n) is 4.15. The van der Waals surface area contributed by atoms with Crippen molar-refractivity contribution in [2.24, 2.45) is 5.92 Å². The summed E-state index contributed by atoms with van der Waals surface area (Å²) in [5.74, 6) is -1.95. The second-order valence-corrected chi connectivity index (χ2v) is 4.08. The van der Waals surface area contributed by atoms with Gasteiger partial charge in [0.2, 0.25) is 0 Å². The van der Waals surface area contributed by atoms with Crippen molar-refractivity contribution in [3.05, 3.63) is 0 Å². The zero-order valence-electron chi connectivity index (χ0n) is 6.66. The van der Waals surface area contributed by atoms with Crippen molar-refractivity contribution in [1.29, 1.82) is 0 Å². The molecule has 0 amide bonds. The maximum atomic E-state index is 12.8. The van der Waals surface area contributed by atoms with Crippen LogP contribution in [0.15, 0.2) is 0 Å². The van der Waals surface area contributed by atoms with Crippen molar-refractivity contribution in [3.63, 3.8) is 0 Å². The molecule has 1 aliphatic carbocycles. The maximum absolute atomic E-state index is 12.8. The molecular formula is C8H13F2N. The first-order chi connectivity index (χ1) is 5.02. The Morgan fingerprint density at radius 3 is 2.36 bits per heavy atom. The van der Waals surface area contributed by atoms with E-state index in [9.17, 15) is 8.78 Å². The van der Waals surface area contributed by atoms with Gasteiger partial charge in [0.1, 0.15) is 0 Å². The van der Waals surface area contributed by atoms with E-state index in [4.69, 9.17) is 0 Å². The Labute approximate surface area is 65.2 Å². The van der Waals surface area contributed by atoms with Crippen molar-refractivity contribution in [2.75, 3.05) is 6.54 Å². The molecular weight excluding hydrogens is 148 g/mol. The molecule has 1 aliphatic heterocycles. The van der Waals surface area contributed by atoms with Crippen molar-refractivity contribution < 1.29 is 8.78 Å². The SMILES string of the molecule is CC1(C2CC2)CC(F)(F)CN1. The number of halogens is 2. The van der Waals surface area contributed by atoms with Gasteiger partial charge in [0.25, 0.3) is 5.92 Å². The molecule has 1 nitrogen and oxygen atoms in total. The molecule has 1 unspecified atom stereocenters.